The van der Waals surface area contributed by atoms with E-state index in [0.717, 1.165) is 12.6 Å². The summed E-state index contributed by atoms with van der Waals surface area (Å²) >= 11 is 1.81. The molecule has 0 aliphatic rings. The van der Waals surface area contributed by atoms with E-state index in [4.69, 9.17) is 0 Å². The van der Waals surface area contributed by atoms with E-state index in [0.29, 0.717) is 18.5 Å². The Morgan fingerprint density at radius 1 is 1.05 bits per heavy atom. The Balaban J connectivity index is 1.81. The van der Waals surface area contributed by atoms with Crippen molar-refractivity contribution in [1.29, 1.82) is 0 Å². The van der Waals surface area contributed by atoms with Crippen molar-refractivity contribution >= 4 is 11.3 Å². The van der Waals surface area contributed by atoms with Gasteiger partial charge in [0.1, 0.15) is 11.6 Å². The highest BCUT2D eigenvalue weighted by Gasteiger charge is 2.15. The first-order valence-electron chi connectivity index (χ1n) is 7.09. The van der Waals surface area contributed by atoms with Gasteiger partial charge in [0.25, 0.3) is 0 Å². The van der Waals surface area contributed by atoms with Crippen molar-refractivity contribution in [2.75, 3.05) is 6.54 Å². The zero-order chi connectivity index (χ0) is 15.5. The number of halogens is 2. The van der Waals surface area contributed by atoms with Crippen molar-refractivity contribution < 1.29 is 8.78 Å². The Hall–Kier alpha value is -1.26. The zero-order valence-electron chi connectivity index (χ0n) is 12.7. The fourth-order valence-electron chi connectivity index (χ4n) is 2.08. The van der Waals surface area contributed by atoms with E-state index in [2.05, 4.69) is 38.2 Å². The van der Waals surface area contributed by atoms with Gasteiger partial charge in [-0.2, -0.15) is 0 Å². The molecular formula is C17H21F2NS. The van der Waals surface area contributed by atoms with Gasteiger partial charge in [0.2, 0.25) is 0 Å². The van der Waals surface area contributed by atoms with Gasteiger partial charge in [-0.1, -0.05) is 20.8 Å². The normalized spacial score (nSPS) is 11.9. The number of rotatable bonds is 5. The highest BCUT2D eigenvalue weighted by molar-refractivity contribution is 7.12. The third kappa shape index (κ3) is 4.90. The minimum Gasteiger partial charge on any atom is -0.312 e. The molecular weight excluding hydrogens is 288 g/mol. The molecule has 2 aromatic rings. The van der Waals surface area contributed by atoms with E-state index in [1.165, 1.54) is 21.9 Å². The lowest BCUT2D eigenvalue weighted by Gasteiger charge is -2.15. The van der Waals surface area contributed by atoms with Crippen LogP contribution in [0.2, 0.25) is 0 Å². The Labute approximate surface area is 129 Å². The molecule has 21 heavy (non-hydrogen) atoms. The molecule has 0 atom stereocenters. The van der Waals surface area contributed by atoms with Crippen LogP contribution in [-0.2, 0) is 18.4 Å². The van der Waals surface area contributed by atoms with Crippen LogP contribution in [0.15, 0.2) is 30.3 Å². The molecule has 0 radical (unpaired) electrons. The van der Waals surface area contributed by atoms with Crippen LogP contribution in [0.5, 0.6) is 0 Å². The first kappa shape index (κ1) is 16.1. The molecule has 0 amide bonds. The highest BCUT2D eigenvalue weighted by atomic mass is 32.1. The molecule has 4 heteroatoms. The van der Waals surface area contributed by atoms with Crippen LogP contribution in [0.4, 0.5) is 8.78 Å². The van der Waals surface area contributed by atoms with Gasteiger partial charge >= 0.3 is 0 Å². The summed E-state index contributed by atoms with van der Waals surface area (Å²) in [5.41, 5.74) is 0.865. The SMILES string of the molecule is CC(C)(C)c1ccc(CNCCc2cc(F)cc(F)c2)s1. The molecule has 0 saturated carbocycles. The molecule has 1 nitrogen and oxygen atoms in total. The van der Waals surface area contributed by atoms with Crippen LogP contribution in [0.1, 0.15) is 36.1 Å². The highest BCUT2D eigenvalue weighted by Crippen LogP contribution is 2.29. The second kappa shape index (κ2) is 6.67. The Kier molecular flexibility index (Phi) is 5.12. The lowest BCUT2D eigenvalue weighted by molar-refractivity contribution is 0.577. The summed E-state index contributed by atoms with van der Waals surface area (Å²) in [7, 11) is 0. The predicted molar refractivity (Wildman–Crippen MR) is 84.8 cm³/mol. The van der Waals surface area contributed by atoms with Crippen molar-refractivity contribution in [3.05, 3.63) is 57.3 Å². The molecule has 0 saturated heterocycles. The molecule has 1 aromatic heterocycles. The van der Waals surface area contributed by atoms with Crippen LogP contribution in [0.25, 0.3) is 0 Å². The summed E-state index contributed by atoms with van der Waals surface area (Å²) in [6.07, 6.45) is 0.617. The average Bonchev–Trinajstić information content (AvgIpc) is 2.82. The lowest BCUT2D eigenvalue weighted by atomic mass is 9.95. The largest absolute Gasteiger partial charge is 0.312 e. The molecule has 0 aliphatic heterocycles. The maximum absolute atomic E-state index is 13.1. The number of benzene rings is 1. The van der Waals surface area contributed by atoms with Gasteiger partial charge < -0.3 is 5.32 Å². The summed E-state index contributed by atoms with van der Waals surface area (Å²) in [5, 5.41) is 3.32. The second-order valence-corrected chi connectivity index (χ2v) is 7.39. The van der Waals surface area contributed by atoms with Crippen molar-refractivity contribution in [1.82, 2.24) is 5.32 Å². The molecule has 2 rings (SSSR count). The zero-order valence-corrected chi connectivity index (χ0v) is 13.5. The maximum atomic E-state index is 13.1. The van der Waals surface area contributed by atoms with Crippen molar-refractivity contribution in [3.8, 4) is 0 Å². The van der Waals surface area contributed by atoms with Crippen LogP contribution in [0.3, 0.4) is 0 Å². The van der Waals surface area contributed by atoms with E-state index < -0.39 is 11.6 Å². The summed E-state index contributed by atoms with van der Waals surface area (Å²) in [4.78, 5) is 2.65. The monoisotopic (exact) mass is 309 g/mol. The Morgan fingerprint density at radius 3 is 2.29 bits per heavy atom. The van der Waals surface area contributed by atoms with Crippen molar-refractivity contribution in [3.63, 3.8) is 0 Å². The fraction of sp³-hybridized carbons (Fsp3) is 0.412. The second-order valence-electron chi connectivity index (χ2n) is 6.22. The predicted octanol–water partition coefficient (Wildman–Crippen LogP) is 4.66. The lowest BCUT2D eigenvalue weighted by Crippen LogP contribution is -2.16. The third-order valence-electron chi connectivity index (χ3n) is 3.21. The van der Waals surface area contributed by atoms with E-state index >= 15 is 0 Å². The topological polar surface area (TPSA) is 12.0 Å². The molecule has 1 N–H and O–H groups in total. The Bertz CT molecular complexity index is 579. The Morgan fingerprint density at radius 2 is 1.71 bits per heavy atom. The van der Waals surface area contributed by atoms with E-state index in [9.17, 15) is 8.78 Å². The first-order chi connectivity index (χ1) is 9.84. The molecule has 0 spiro atoms. The molecule has 1 aromatic carbocycles. The van der Waals surface area contributed by atoms with E-state index in [1.807, 2.05) is 11.3 Å². The maximum Gasteiger partial charge on any atom is 0.126 e. The van der Waals surface area contributed by atoms with Crippen LogP contribution >= 0.6 is 11.3 Å². The minimum atomic E-state index is -0.516. The smallest absolute Gasteiger partial charge is 0.126 e. The minimum absolute atomic E-state index is 0.183. The molecule has 1 heterocycles. The molecule has 0 aliphatic carbocycles. The quantitative estimate of drug-likeness (QED) is 0.792. The summed E-state index contributed by atoms with van der Waals surface area (Å²) in [6, 6.07) is 7.97. The average molecular weight is 309 g/mol. The van der Waals surface area contributed by atoms with Crippen molar-refractivity contribution in [2.45, 2.75) is 39.2 Å². The molecule has 114 valence electrons. The number of hydrogen-bond donors (Lipinski definition) is 1. The van der Waals surface area contributed by atoms with Crippen LogP contribution in [0, 0.1) is 11.6 Å². The molecule has 0 unspecified atom stereocenters. The number of hydrogen-bond acceptors (Lipinski definition) is 2. The number of nitrogens with one attached hydrogen (secondary N) is 1. The van der Waals surface area contributed by atoms with Gasteiger partial charge in [0.05, 0.1) is 0 Å². The summed E-state index contributed by atoms with van der Waals surface area (Å²) in [5.74, 6) is -1.03. The molecule has 0 fully saturated rings. The fourth-order valence-corrected chi connectivity index (χ4v) is 3.11. The summed E-state index contributed by atoms with van der Waals surface area (Å²) in [6.45, 7) is 8.10. The number of thiophene rings is 1. The van der Waals surface area contributed by atoms with E-state index in [-0.39, 0.29) is 5.41 Å². The van der Waals surface area contributed by atoms with Gasteiger partial charge in [-0.3, -0.25) is 0 Å². The first-order valence-corrected chi connectivity index (χ1v) is 7.91. The van der Waals surface area contributed by atoms with Crippen LogP contribution < -0.4 is 5.32 Å². The van der Waals surface area contributed by atoms with Gasteiger partial charge in [-0.25, -0.2) is 8.78 Å². The van der Waals surface area contributed by atoms with E-state index in [1.54, 1.807) is 0 Å². The standard InChI is InChI=1S/C17H21F2NS/c1-17(2,3)16-5-4-15(21-16)11-20-7-6-12-8-13(18)10-14(19)9-12/h4-5,8-10,20H,6-7,11H2,1-3H3. The van der Waals surface area contributed by atoms with Gasteiger partial charge in [0.15, 0.2) is 0 Å². The van der Waals surface area contributed by atoms with Gasteiger partial charge in [0, 0.05) is 22.4 Å². The molecule has 0 bridgehead atoms. The summed E-state index contributed by atoms with van der Waals surface area (Å²) < 4.78 is 26.1. The van der Waals surface area contributed by atoms with Gasteiger partial charge in [-0.05, 0) is 48.2 Å². The van der Waals surface area contributed by atoms with Crippen molar-refractivity contribution in [2.24, 2.45) is 0 Å². The van der Waals surface area contributed by atoms with Crippen LogP contribution in [-0.4, -0.2) is 6.54 Å². The third-order valence-corrected chi connectivity index (χ3v) is 4.72. The van der Waals surface area contributed by atoms with Gasteiger partial charge in [-0.15, -0.1) is 11.3 Å².